The fourth-order valence-corrected chi connectivity index (χ4v) is 2.92. The molecule has 0 saturated heterocycles. The molecule has 25 heavy (non-hydrogen) atoms. The van der Waals surface area contributed by atoms with E-state index in [-0.39, 0.29) is 5.69 Å². The molecule has 2 aromatic rings. The molecule has 0 amide bonds. The van der Waals surface area contributed by atoms with E-state index >= 15 is 0 Å². The number of para-hydroxylation sites is 1. The van der Waals surface area contributed by atoms with Crippen LogP contribution in [0.1, 0.15) is 5.56 Å². The van der Waals surface area contributed by atoms with E-state index in [9.17, 15) is 13.2 Å². The van der Waals surface area contributed by atoms with Crippen LogP contribution in [0.3, 0.4) is 0 Å². The van der Waals surface area contributed by atoms with Crippen molar-refractivity contribution in [1.82, 2.24) is 0 Å². The van der Waals surface area contributed by atoms with Gasteiger partial charge in [-0.05, 0) is 36.4 Å². The first-order valence-electron chi connectivity index (χ1n) is 7.42. The van der Waals surface area contributed by atoms with E-state index in [1.54, 1.807) is 29.2 Å². The van der Waals surface area contributed by atoms with Gasteiger partial charge in [0, 0.05) is 0 Å². The van der Waals surface area contributed by atoms with Gasteiger partial charge in [-0.2, -0.15) is 13.2 Å². The van der Waals surface area contributed by atoms with Crippen molar-refractivity contribution in [2.24, 2.45) is 0 Å². The van der Waals surface area contributed by atoms with Crippen LogP contribution in [0.4, 0.5) is 24.5 Å². The molecule has 0 aliphatic carbocycles. The highest BCUT2D eigenvalue weighted by atomic mass is 19.4. The third-order valence-corrected chi connectivity index (χ3v) is 3.97. The molecule has 4 rings (SSSR count). The summed E-state index contributed by atoms with van der Waals surface area (Å²) < 4.78 is 51.0. The van der Waals surface area contributed by atoms with Gasteiger partial charge in [0.15, 0.2) is 17.2 Å². The summed E-state index contributed by atoms with van der Waals surface area (Å²) in [5, 5.41) is 0. The second-order valence-corrected chi connectivity index (χ2v) is 5.53. The second-order valence-electron chi connectivity index (χ2n) is 5.53. The van der Waals surface area contributed by atoms with Gasteiger partial charge in [0.25, 0.3) is 0 Å². The average Bonchev–Trinajstić information content (AvgIpc) is 2.56. The fourth-order valence-electron chi connectivity index (χ4n) is 2.92. The summed E-state index contributed by atoms with van der Waals surface area (Å²) in [6.07, 6.45) is -1.29. The van der Waals surface area contributed by atoms with Crippen LogP contribution in [0.15, 0.2) is 73.2 Å². The van der Waals surface area contributed by atoms with E-state index in [1.807, 2.05) is 0 Å². The summed E-state index contributed by atoms with van der Waals surface area (Å²) in [5.41, 5.74) is 0.548. The van der Waals surface area contributed by atoms with Crippen LogP contribution >= 0.6 is 0 Å². The van der Waals surface area contributed by atoms with E-state index in [0.29, 0.717) is 34.4 Å². The van der Waals surface area contributed by atoms with E-state index in [4.69, 9.17) is 9.47 Å². The lowest BCUT2D eigenvalue weighted by Crippen LogP contribution is -2.28. The molecule has 0 unspecified atom stereocenters. The number of benzene rings is 2. The topological polar surface area (TPSA) is 21.7 Å². The Balaban J connectivity index is 2.01. The summed E-state index contributed by atoms with van der Waals surface area (Å²) in [5.74, 6) is 1.59. The molecule has 0 N–H and O–H groups in total. The maximum Gasteiger partial charge on any atom is 0.416 e. The number of nitrogens with zero attached hydrogens (tertiary/aromatic N) is 1. The summed E-state index contributed by atoms with van der Waals surface area (Å²) in [6, 6.07) is 8.57. The quantitative estimate of drug-likeness (QED) is 0.641. The average molecular weight is 343 g/mol. The molecule has 2 aliphatic rings. The minimum atomic E-state index is -4.46. The molecule has 2 aromatic carbocycles. The van der Waals surface area contributed by atoms with Gasteiger partial charge in [-0.15, -0.1) is 0 Å². The molecule has 6 heteroatoms. The van der Waals surface area contributed by atoms with Crippen LogP contribution in [0, 0.1) is 0 Å². The number of ether oxygens (including phenoxy) is 2. The molecule has 0 saturated carbocycles. The molecule has 0 atom stereocenters. The third-order valence-electron chi connectivity index (χ3n) is 3.97. The number of hydrogen-bond donors (Lipinski definition) is 0. The van der Waals surface area contributed by atoms with Crippen LogP contribution in [0.5, 0.6) is 17.2 Å². The number of halogens is 3. The van der Waals surface area contributed by atoms with Crippen LogP contribution in [0.2, 0.25) is 0 Å². The number of fused-ring (bicyclic) bond motifs is 2. The van der Waals surface area contributed by atoms with Gasteiger partial charge in [-0.3, -0.25) is 4.90 Å². The van der Waals surface area contributed by atoms with Crippen molar-refractivity contribution in [2.75, 3.05) is 4.90 Å². The standard InChI is InChI=1S/C19H12F3NO2/c1-3-5-13-11(2)24-16-6-4-7-17-18(16)23(13)14-10-12(19(20,21)22)8-9-15(14)25-17/h3-10H,1-2H2/b13-5+. The van der Waals surface area contributed by atoms with Gasteiger partial charge in [0.1, 0.15) is 11.4 Å². The normalized spacial score (nSPS) is 16.7. The van der Waals surface area contributed by atoms with Crippen molar-refractivity contribution in [1.29, 1.82) is 0 Å². The smallest absolute Gasteiger partial charge is 0.416 e. The Morgan fingerprint density at radius 3 is 2.40 bits per heavy atom. The van der Waals surface area contributed by atoms with Crippen molar-refractivity contribution >= 4 is 11.4 Å². The van der Waals surface area contributed by atoms with Gasteiger partial charge < -0.3 is 9.47 Å². The number of hydrogen-bond acceptors (Lipinski definition) is 3. The van der Waals surface area contributed by atoms with Gasteiger partial charge in [-0.25, -0.2) is 0 Å². The number of allylic oxidation sites excluding steroid dienone is 2. The maximum atomic E-state index is 13.2. The van der Waals surface area contributed by atoms with Crippen molar-refractivity contribution in [3.05, 3.63) is 78.7 Å². The molecule has 0 aromatic heterocycles. The van der Waals surface area contributed by atoms with Crippen molar-refractivity contribution in [2.45, 2.75) is 6.18 Å². The molecule has 0 fully saturated rings. The SMILES string of the molecule is C=C/C=C1\C(=C)Oc2cccc3c2N1c1cc(C(F)(F)F)ccc1O3. The first-order valence-corrected chi connectivity index (χ1v) is 7.42. The zero-order valence-corrected chi connectivity index (χ0v) is 12.9. The van der Waals surface area contributed by atoms with Gasteiger partial charge in [0.05, 0.1) is 16.9 Å². The predicted octanol–water partition coefficient (Wildman–Crippen LogP) is 5.93. The zero-order chi connectivity index (χ0) is 17.8. The second kappa shape index (κ2) is 5.17. The largest absolute Gasteiger partial charge is 0.453 e. The van der Waals surface area contributed by atoms with Crippen molar-refractivity contribution in [3.8, 4) is 17.2 Å². The highest BCUT2D eigenvalue weighted by Crippen LogP contribution is 2.56. The first-order chi connectivity index (χ1) is 11.9. The zero-order valence-electron chi connectivity index (χ0n) is 12.9. The Hall–Kier alpha value is -3.15. The molecule has 0 spiro atoms. The van der Waals surface area contributed by atoms with Gasteiger partial charge >= 0.3 is 6.18 Å². The molecule has 3 nitrogen and oxygen atoms in total. The minimum Gasteiger partial charge on any atom is -0.453 e. The van der Waals surface area contributed by atoms with Crippen molar-refractivity contribution in [3.63, 3.8) is 0 Å². The van der Waals surface area contributed by atoms with Gasteiger partial charge in [-0.1, -0.05) is 25.3 Å². The number of alkyl halides is 3. The van der Waals surface area contributed by atoms with E-state index in [0.717, 1.165) is 12.1 Å². The molecular weight excluding hydrogens is 331 g/mol. The Labute approximate surface area is 141 Å². The maximum absolute atomic E-state index is 13.2. The molecule has 2 aliphatic heterocycles. The lowest BCUT2D eigenvalue weighted by atomic mass is 10.1. The van der Waals surface area contributed by atoms with E-state index in [1.165, 1.54) is 12.1 Å². The summed E-state index contributed by atoms with van der Waals surface area (Å²) >= 11 is 0. The Kier molecular flexibility index (Phi) is 3.18. The Morgan fingerprint density at radius 2 is 1.72 bits per heavy atom. The molecule has 126 valence electrons. The van der Waals surface area contributed by atoms with Crippen molar-refractivity contribution < 1.29 is 22.6 Å². The Morgan fingerprint density at radius 1 is 1.00 bits per heavy atom. The van der Waals surface area contributed by atoms with Crippen LogP contribution < -0.4 is 14.4 Å². The molecular formula is C19H12F3NO2. The predicted molar refractivity (Wildman–Crippen MR) is 88.1 cm³/mol. The molecule has 0 radical (unpaired) electrons. The van der Waals surface area contributed by atoms with Gasteiger partial charge in [0.2, 0.25) is 0 Å². The van der Waals surface area contributed by atoms with Crippen LogP contribution in [-0.2, 0) is 6.18 Å². The highest BCUT2D eigenvalue weighted by Gasteiger charge is 2.38. The summed E-state index contributed by atoms with van der Waals surface area (Å²) in [6.45, 7) is 7.52. The summed E-state index contributed by atoms with van der Waals surface area (Å²) in [7, 11) is 0. The third kappa shape index (κ3) is 2.29. The molecule has 2 heterocycles. The summed E-state index contributed by atoms with van der Waals surface area (Å²) in [4.78, 5) is 1.66. The van der Waals surface area contributed by atoms with E-state index in [2.05, 4.69) is 13.2 Å². The lowest BCUT2D eigenvalue weighted by molar-refractivity contribution is -0.137. The van der Waals surface area contributed by atoms with Crippen LogP contribution in [0.25, 0.3) is 0 Å². The fraction of sp³-hybridized carbons (Fsp3) is 0.0526. The number of anilines is 2. The monoisotopic (exact) mass is 343 g/mol. The van der Waals surface area contributed by atoms with E-state index < -0.39 is 11.7 Å². The Bertz CT molecular complexity index is 944. The highest BCUT2D eigenvalue weighted by molar-refractivity contribution is 5.88. The molecule has 0 bridgehead atoms. The lowest BCUT2D eigenvalue weighted by Gasteiger charge is -2.39. The minimum absolute atomic E-state index is 0.271. The number of rotatable bonds is 1. The first kappa shape index (κ1) is 15.4. The van der Waals surface area contributed by atoms with Crippen LogP contribution in [-0.4, -0.2) is 0 Å².